The summed E-state index contributed by atoms with van der Waals surface area (Å²) in [5.41, 5.74) is 16.1. The van der Waals surface area contributed by atoms with Crippen molar-refractivity contribution in [2.75, 3.05) is 0 Å². The first-order valence-corrected chi connectivity index (χ1v) is 3.93. The van der Waals surface area contributed by atoms with Gasteiger partial charge in [-0.1, -0.05) is 26.2 Å². The zero-order valence-corrected chi connectivity index (χ0v) is 7.77. The van der Waals surface area contributed by atoms with Gasteiger partial charge in [0.1, 0.15) is 5.79 Å². The fraction of sp³-hybridized carbons (Fsp3) is 1.00. The van der Waals surface area contributed by atoms with E-state index in [0.717, 1.165) is 6.42 Å². The van der Waals surface area contributed by atoms with Crippen LogP contribution < -0.4 is 36.1 Å². The Hall–Kier alpha value is 0.477. The molecule has 0 rings (SSSR count). The Morgan fingerprint density at radius 3 is 2.00 bits per heavy atom. The normalized spacial score (nSPS) is 10.9. The van der Waals surface area contributed by atoms with Gasteiger partial charge in [0.05, 0.1) is 0 Å². The summed E-state index contributed by atoms with van der Waals surface area (Å²) in [7, 11) is 0. The molecule has 0 fully saturated rings. The predicted molar refractivity (Wildman–Crippen MR) is 45.2 cm³/mol. The van der Waals surface area contributed by atoms with Crippen LogP contribution in [0.5, 0.6) is 0 Å². The van der Waals surface area contributed by atoms with E-state index in [0.29, 0.717) is 6.42 Å². The van der Waals surface area contributed by atoms with Crippen LogP contribution in [-0.4, -0.2) is 5.79 Å². The molecular weight excluding hydrogens is 133 g/mol. The van der Waals surface area contributed by atoms with Gasteiger partial charge in [0.25, 0.3) is 0 Å². The molecule has 0 aromatic heterocycles. The minimum Gasteiger partial charge on any atom is -1.00 e. The van der Waals surface area contributed by atoms with Crippen molar-refractivity contribution < 1.29 is 20.3 Å². The Balaban J connectivity index is -0.000000405. The minimum absolute atomic E-state index is 0. The number of nitrogens with two attached hydrogens (primary N) is 3. The maximum atomic E-state index is 5.37. The van der Waals surface area contributed by atoms with Crippen molar-refractivity contribution in [3.8, 4) is 0 Å². The van der Waals surface area contributed by atoms with Gasteiger partial charge in [0.15, 0.2) is 0 Å². The second kappa shape index (κ2) is 7.14. The average Bonchev–Trinajstić information content (AvgIpc) is 1.78. The number of hydrogen-bond donors (Lipinski definition) is 3. The predicted octanol–water partition coefficient (Wildman–Crippen LogP) is -2.40. The molecule has 0 amide bonds. The van der Waals surface area contributed by atoms with Crippen molar-refractivity contribution in [1.29, 1.82) is 0 Å². The Labute approximate surface area is 82.7 Å². The maximum Gasteiger partial charge on any atom is 1.00 e. The molecule has 0 unspecified atom stereocenters. The van der Waals surface area contributed by atoms with Crippen molar-refractivity contribution in [1.82, 2.24) is 0 Å². The quantitative estimate of drug-likeness (QED) is 0.234. The van der Waals surface area contributed by atoms with E-state index in [-0.39, 0.29) is 20.3 Å². The van der Waals surface area contributed by atoms with Crippen LogP contribution >= 0.6 is 0 Å². The first-order chi connectivity index (χ1) is 4.56. The van der Waals surface area contributed by atoms with Crippen LogP contribution in [0.25, 0.3) is 0 Å². The second-order valence-electron chi connectivity index (χ2n) is 2.92. The van der Waals surface area contributed by atoms with Crippen LogP contribution in [0, 0.1) is 0 Å². The molecule has 0 radical (unpaired) electrons. The third kappa shape index (κ3) is 13.5. The van der Waals surface area contributed by atoms with Crippen LogP contribution in [0.4, 0.5) is 0 Å². The van der Waals surface area contributed by atoms with E-state index in [9.17, 15) is 0 Å². The van der Waals surface area contributed by atoms with Gasteiger partial charge in [-0.2, -0.15) is 0 Å². The molecule has 0 aliphatic heterocycles. The second-order valence-corrected chi connectivity index (χ2v) is 2.92. The Morgan fingerprint density at radius 2 is 1.64 bits per heavy atom. The van der Waals surface area contributed by atoms with Gasteiger partial charge in [-0.15, -0.1) is 0 Å². The number of unbranched alkanes of at least 4 members (excludes halogenated alkanes) is 3. The Morgan fingerprint density at radius 1 is 1.09 bits per heavy atom. The molecule has 0 aliphatic carbocycles. The minimum atomic E-state index is -0.951. The summed E-state index contributed by atoms with van der Waals surface area (Å²) < 4.78 is 0. The van der Waals surface area contributed by atoms with E-state index in [2.05, 4.69) is 6.92 Å². The van der Waals surface area contributed by atoms with Gasteiger partial charge in [-0.05, 0) is 12.8 Å². The largest absolute Gasteiger partial charge is 1.00 e. The Kier molecular flexibility index (Phi) is 9.11. The molecule has 4 heteroatoms. The molecule has 3 nitrogen and oxygen atoms in total. The molecule has 11 heavy (non-hydrogen) atoms. The average molecular weight is 153 g/mol. The third-order valence-electron chi connectivity index (χ3n) is 1.46. The number of hydrogen-bond acceptors (Lipinski definition) is 3. The summed E-state index contributed by atoms with van der Waals surface area (Å²) in [5, 5.41) is 0. The zero-order valence-electron chi connectivity index (χ0n) is 8.77. The Bertz CT molecular complexity index is 85.2. The fourth-order valence-electron chi connectivity index (χ4n) is 0.858. The van der Waals surface area contributed by atoms with Crippen molar-refractivity contribution in [3.63, 3.8) is 0 Å². The summed E-state index contributed by atoms with van der Waals surface area (Å²) in [6, 6.07) is 0. The first kappa shape index (κ1) is 14.0. The smallest absolute Gasteiger partial charge is 1.00 e. The van der Waals surface area contributed by atoms with Gasteiger partial charge in [0.2, 0.25) is 0 Å². The molecular formula is C7H20LiN3. The summed E-state index contributed by atoms with van der Waals surface area (Å²) in [4.78, 5) is 0. The first-order valence-electron chi connectivity index (χ1n) is 3.93. The van der Waals surface area contributed by atoms with Crippen molar-refractivity contribution >= 4 is 0 Å². The molecule has 0 aliphatic rings. The molecule has 0 heterocycles. The van der Waals surface area contributed by atoms with E-state index >= 15 is 0 Å². The van der Waals surface area contributed by atoms with Gasteiger partial charge >= 0.3 is 18.9 Å². The molecule has 0 atom stereocenters. The molecule has 0 saturated heterocycles. The monoisotopic (exact) mass is 153 g/mol. The van der Waals surface area contributed by atoms with Crippen molar-refractivity contribution in [2.24, 2.45) is 17.2 Å². The molecule has 64 valence electrons. The number of rotatable bonds is 5. The van der Waals surface area contributed by atoms with Crippen LogP contribution in [0.3, 0.4) is 0 Å². The van der Waals surface area contributed by atoms with E-state index in [1.807, 2.05) is 0 Å². The standard InChI is InChI=1S/C7H19N3.Li.H/c1-2-3-4-5-6-7(8,9)10;;/h2-6,8-10H2,1H3;;/q;+1;-1. The van der Waals surface area contributed by atoms with E-state index < -0.39 is 5.79 Å². The summed E-state index contributed by atoms with van der Waals surface area (Å²) in [6.45, 7) is 2.17. The van der Waals surface area contributed by atoms with Gasteiger partial charge in [-0.3, -0.25) is 0 Å². The van der Waals surface area contributed by atoms with Gasteiger partial charge in [-0.25, -0.2) is 0 Å². The molecule has 0 aromatic rings. The van der Waals surface area contributed by atoms with Gasteiger partial charge < -0.3 is 18.6 Å². The van der Waals surface area contributed by atoms with Crippen molar-refractivity contribution in [2.45, 2.75) is 44.8 Å². The van der Waals surface area contributed by atoms with Crippen LogP contribution in [0.1, 0.15) is 40.5 Å². The van der Waals surface area contributed by atoms with E-state index in [4.69, 9.17) is 17.2 Å². The zero-order chi connectivity index (χ0) is 8.04. The van der Waals surface area contributed by atoms with Crippen LogP contribution in [0.15, 0.2) is 0 Å². The van der Waals surface area contributed by atoms with E-state index in [1.54, 1.807) is 0 Å². The molecule has 0 saturated carbocycles. The maximum absolute atomic E-state index is 5.37. The molecule has 0 spiro atoms. The SMILES string of the molecule is CCCCCCC(N)(N)N.[H-].[Li+]. The summed E-state index contributed by atoms with van der Waals surface area (Å²) in [5.74, 6) is -0.951. The van der Waals surface area contributed by atoms with Gasteiger partial charge in [0, 0.05) is 0 Å². The summed E-state index contributed by atoms with van der Waals surface area (Å²) >= 11 is 0. The van der Waals surface area contributed by atoms with E-state index in [1.165, 1.54) is 19.3 Å². The summed E-state index contributed by atoms with van der Waals surface area (Å²) in [6.07, 6.45) is 5.41. The molecule has 6 N–H and O–H groups in total. The van der Waals surface area contributed by atoms with Crippen LogP contribution in [0.2, 0.25) is 0 Å². The molecule has 0 bridgehead atoms. The fourth-order valence-corrected chi connectivity index (χ4v) is 0.858. The van der Waals surface area contributed by atoms with Crippen molar-refractivity contribution in [3.05, 3.63) is 0 Å². The molecule has 0 aromatic carbocycles. The topological polar surface area (TPSA) is 78.1 Å². The third-order valence-corrected chi connectivity index (χ3v) is 1.46. The van der Waals surface area contributed by atoms with Crippen LogP contribution in [-0.2, 0) is 0 Å².